The highest BCUT2D eigenvalue weighted by atomic mass is 32.2. The average Bonchev–Trinajstić information content (AvgIpc) is 2.31. The number of aromatic nitrogens is 2. The number of nitrogens with zero attached hydrogens (tertiary/aromatic N) is 2. The Morgan fingerprint density at radius 2 is 1.80 bits per heavy atom. The Morgan fingerprint density at radius 1 is 1.07 bits per heavy atom. The molecule has 0 radical (unpaired) electrons. The van der Waals surface area contributed by atoms with Crippen molar-refractivity contribution >= 4 is 17.6 Å². The van der Waals surface area contributed by atoms with Gasteiger partial charge in [0.2, 0.25) is 0 Å². The largest absolute Gasteiger partial charge is 0.373 e. The Hall–Kier alpha value is -1.55. The summed E-state index contributed by atoms with van der Waals surface area (Å²) in [5, 5.41) is 3.02. The first-order chi connectivity index (χ1) is 7.38. The van der Waals surface area contributed by atoms with Crippen molar-refractivity contribution in [1.29, 1.82) is 0 Å². The fourth-order valence-electron chi connectivity index (χ4n) is 1.15. The molecule has 0 aromatic carbocycles. The number of anilines is 1. The Balaban J connectivity index is 2.17. The molecule has 0 amide bonds. The third-order valence-electron chi connectivity index (χ3n) is 1.87. The van der Waals surface area contributed by atoms with E-state index in [9.17, 15) is 0 Å². The second-order valence-corrected chi connectivity index (χ2v) is 4.06. The van der Waals surface area contributed by atoms with Gasteiger partial charge in [0.15, 0.2) is 0 Å². The van der Waals surface area contributed by atoms with Crippen molar-refractivity contribution in [3.8, 4) is 0 Å². The van der Waals surface area contributed by atoms with Crippen LogP contribution in [0.25, 0.3) is 0 Å². The van der Waals surface area contributed by atoms with E-state index in [4.69, 9.17) is 0 Å². The van der Waals surface area contributed by atoms with Crippen molar-refractivity contribution in [2.75, 3.05) is 12.4 Å². The number of pyridine rings is 2. The van der Waals surface area contributed by atoms with Crippen molar-refractivity contribution in [3.05, 3.63) is 42.9 Å². The SMILES string of the molecule is CNc1cc(Sc2ccncc2)ccn1. The molecular weight excluding hydrogens is 206 g/mol. The van der Waals surface area contributed by atoms with Gasteiger partial charge in [0.1, 0.15) is 5.82 Å². The minimum absolute atomic E-state index is 0.883. The van der Waals surface area contributed by atoms with Gasteiger partial charge in [0.05, 0.1) is 0 Å². The molecule has 2 aromatic heterocycles. The van der Waals surface area contributed by atoms with E-state index in [2.05, 4.69) is 15.3 Å². The number of hydrogen-bond donors (Lipinski definition) is 1. The zero-order chi connectivity index (χ0) is 10.5. The Bertz CT molecular complexity index is 431. The fraction of sp³-hybridized carbons (Fsp3) is 0.0909. The highest BCUT2D eigenvalue weighted by Gasteiger charge is 1.98. The Labute approximate surface area is 93.0 Å². The standard InChI is InChI=1S/C11H11N3S/c1-12-11-8-10(4-7-14-11)15-9-2-5-13-6-3-9/h2-8H,1H3,(H,12,14). The number of nitrogens with one attached hydrogen (secondary N) is 1. The average molecular weight is 217 g/mol. The van der Waals surface area contributed by atoms with Gasteiger partial charge in [-0.05, 0) is 24.3 Å². The van der Waals surface area contributed by atoms with E-state index in [1.807, 2.05) is 31.3 Å². The van der Waals surface area contributed by atoms with Crippen LogP contribution in [0, 0.1) is 0 Å². The van der Waals surface area contributed by atoms with Crippen LogP contribution in [0.3, 0.4) is 0 Å². The van der Waals surface area contributed by atoms with Crippen LogP contribution in [0.5, 0.6) is 0 Å². The van der Waals surface area contributed by atoms with Crippen LogP contribution in [-0.4, -0.2) is 17.0 Å². The second kappa shape index (κ2) is 4.79. The molecule has 0 saturated carbocycles. The van der Waals surface area contributed by atoms with Gasteiger partial charge in [-0.15, -0.1) is 0 Å². The molecule has 0 atom stereocenters. The van der Waals surface area contributed by atoms with E-state index >= 15 is 0 Å². The van der Waals surface area contributed by atoms with Gasteiger partial charge in [-0.1, -0.05) is 11.8 Å². The molecule has 0 aliphatic heterocycles. The van der Waals surface area contributed by atoms with E-state index in [0.29, 0.717) is 0 Å². The maximum absolute atomic E-state index is 4.16. The molecule has 76 valence electrons. The van der Waals surface area contributed by atoms with Crippen molar-refractivity contribution in [2.24, 2.45) is 0 Å². The lowest BCUT2D eigenvalue weighted by molar-refractivity contribution is 1.23. The first kappa shape index (κ1) is 9.98. The van der Waals surface area contributed by atoms with Crippen molar-refractivity contribution < 1.29 is 0 Å². The normalized spacial score (nSPS) is 9.93. The zero-order valence-corrected chi connectivity index (χ0v) is 9.16. The topological polar surface area (TPSA) is 37.8 Å². The van der Waals surface area contributed by atoms with E-state index in [1.165, 1.54) is 9.79 Å². The van der Waals surface area contributed by atoms with Crippen molar-refractivity contribution in [1.82, 2.24) is 9.97 Å². The highest BCUT2D eigenvalue weighted by Crippen LogP contribution is 2.27. The fourth-order valence-corrected chi connectivity index (χ4v) is 1.98. The van der Waals surface area contributed by atoms with Crippen LogP contribution in [-0.2, 0) is 0 Å². The van der Waals surface area contributed by atoms with Crippen LogP contribution in [0.2, 0.25) is 0 Å². The number of rotatable bonds is 3. The molecule has 0 fully saturated rings. The predicted octanol–water partition coefficient (Wildman–Crippen LogP) is 2.67. The van der Waals surface area contributed by atoms with E-state index in [-0.39, 0.29) is 0 Å². The molecule has 0 aliphatic carbocycles. The monoisotopic (exact) mass is 217 g/mol. The zero-order valence-electron chi connectivity index (χ0n) is 8.34. The molecule has 15 heavy (non-hydrogen) atoms. The molecule has 2 heterocycles. The lowest BCUT2D eigenvalue weighted by atomic mass is 10.4. The summed E-state index contributed by atoms with van der Waals surface area (Å²) in [7, 11) is 1.86. The Morgan fingerprint density at radius 3 is 2.53 bits per heavy atom. The van der Waals surface area contributed by atoms with Gasteiger partial charge < -0.3 is 5.32 Å². The summed E-state index contributed by atoms with van der Waals surface area (Å²) in [6, 6.07) is 7.99. The second-order valence-electron chi connectivity index (χ2n) is 2.91. The van der Waals surface area contributed by atoms with Gasteiger partial charge >= 0.3 is 0 Å². The third-order valence-corrected chi connectivity index (χ3v) is 2.87. The van der Waals surface area contributed by atoms with Crippen LogP contribution in [0.15, 0.2) is 52.6 Å². The van der Waals surface area contributed by atoms with Crippen molar-refractivity contribution in [3.63, 3.8) is 0 Å². The molecule has 0 aliphatic rings. The first-order valence-electron chi connectivity index (χ1n) is 4.60. The first-order valence-corrected chi connectivity index (χ1v) is 5.42. The molecular formula is C11H11N3S. The lowest BCUT2D eigenvalue weighted by Crippen LogP contribution is -1.90. The molecule has 0 saturated heterocycles. The molecule has 3 nitrogen and oxygen atoms in total. The molecule has 0 unspecified atom stereocenters. The van der Waals surface area contributed by atoms with E-state index in [0.717, 1.165) is 5.82 Å². The minimum Gasteiger partial charge on any atom is -0.373 e. The highest BCUT2D eigenvalue weighted by molar-refractivity contribution is 7.99. The van der Waals surface area contributed by atoms with Gasteiger partial charge in [0.25, 0.3) is 0 Å². The quantitative estimate of drug-likeness (QED) is 0.857. The van der Waals surface area contributed by atoms with E-state index < -0.39 is 0 Å². The van der Waals surface area contributed by atoms with Gasteiger partial charge in [-0.25, -0.2) is 4.98 Å². The summed E-state index contributed by atoms with van der Waals surface area (Å²) in [5.41, 5.74) is 0. The van der Waals surface area contributed by atoms with Gasteiger partial charge in [-0.3, -0.25) is 4.98 Å². The summed E-state index contributed by atoms with van der Waals surface area (Å²) in [6.07, 6.45) is 5.39. The molecule has 2 aromatic rings. The molecule has 2 rings (SSSR count). The van der Waals surface area contributed by atoms with Crippen LogP contribution < -0.4 is 5.32 Å². The Kier molecular flexibility index (Phi) is 3.19. The number of hydrogen-bond acceptors (Lipinski definition) is 4. The molecule has 0 bridgehead atoms. The molecule has 4 heteroatoms. The van der Waals surface area contributed by atoms with Crippen LogP contribution in [0.4, 0.5) is 5.82 Å². The maximum Gasteiger partial charge on any atom is 0.126 e. The van der Waals surface area contributed by atoms with Gasteiger partial charge in [0, 0.05) is 35.4 Å². The van der Waals surface area contributed by atoms with Gasteiger partial charge in [-0.2, -0.15) is 0 Å². The third kappa shape index (κ3) is 2.70. The minimum atomic E-state index is 0.883. The molecule has 0 spiro atoms. The summed E-state index contributed by atoms with van der Waals surface area (Å²) in [4.78, 5) is 10.5. The van der Waals surface area contributed by atoms with Crippen LogP contribution >= 0.6 is 11.8 Å². The van der Waals surface area contributed by atoms with Crippen LogP contribution in [0.1, 0.15) is 0 Å². The summed E-state index contributed by atoms with van der Waals surface area (Å²) >= 11 is 1.70. The maximum atomic E-state index is 4.16. The summed E-state index contributed by atoms with van der Waals surface area (Å²) < 4.78 is 0. The summed E-state index contributed by atoms with van der Waals surface area (Å²) in [5.74, 6) is 0.883. The van der Waals surface area contributed by atoms with Crippen molar-refractivity contribution in [2.45, 2.75) is 9.79 Å². The van der Waals surface area contributed by atoms with E-state index in [1.54, 1.807) is 30.4 Å². The smallest absolute Gasteiger partial charge is 0.126 e. The predicted molar refractivity (Wildman–Crippen MR) is 62.1 cm³/mol. The summed E-state index contributed by atoms with van der Waals surface area (Å²) in [6.45, 7) is 0. The lowest BCUT2D eigenvalue weighted by Gasteiger charge is -2.03. The molecule has 1 N–H and O–H groups in total.